The van der Waals surface area contributed by atoms with E-state index in [1.807, 2.05) is 32.2 Å². The fraction of sp³-hybridized carbons (Fsp3) is 0.680. The number of carbonyl (C=O) groups excluding carboxylic acids is 1. The summed E-state index contributed by atoms with van der Waals surface area (Å²) in [7, 11) is 1.97. The number of thiazole rings is 1. The van der Waals surface area contributed by atoms with Crippen molar-refractivity contribution >= 4 is 56.7 Å². The molecule has 1 aromatic carbocycles. The molecule has 2 saturated heterocycles. The van der Waals surface area contributed by atoms with Crippen molar-refractivity contribution in [3.05, 3.63) is 18.2 Å². The predicted molar refractivity (Wildman–Crippen MR) is 151 cm³/mol. The van der Waals surface area contributed by atoms with Crippen LogP contribution in [0.15, 0.2) is 22.5 Å². The van der Waals surface area contributed by atoms with Crippen molar-refractivity contribution in [3.63, 3.8) is 0 Å². The van der Waals surface area contributed by atoms with Crippen molar-refractivity contribution in [2.45, 2.75) is 84.6 Å². The molecule has 0 saturated carbocycles. The Balaban J connectivity index is 1.58. The predicted octanol–water partition coefficient (Wildman–Crippen LogP) is 2.13. The molecule has 2 aliphatic heterocycles. The van der Waals surface area contributed by atoms with Crippen LogP contribution >= 0.6 is 34.9 Å². The number of aliphatic hydroxyl groups is 3. The number of likely N-dealkylation sites (tertiary alicyclic amines) is 1. The molecule has 206 valence electrons. The Morgan fingerprint density at radius 2 is 2.08 bits per heavy atom. The summed E-state index contributed by atoms with van der Waals surface area (Å²) in [5.74, 6) is 0.355. The first-order valence-corrected chi connectivity index (χ1v) is 15.7. The number of nitrogens with one attached hydrogen (secondary N) is 1. The minimum atomic E-state index is -1.39. The summed E-state index contributed by atoms with van der Waals surface area (Å²) in [5.41, 5.74) is 6.72. The standard InChI is InChI=1S/C25H38N4O5S3/c1-5-6-13-9-16(29(3)11-13)23(33)28-18(22-20(31)19(30)21(32)24(34-22)35-4)12(2)36-25-27-15-8-7-14(26)10-17(15)37-25/h7-8,10,12-13,16,18-22,24,30-32H,5-6,9,11,26H2,1-4H3,(H,28,33)/t12-,13-,16-,18+,19?,20?,21+,22?,24?/m1/s1. The molecule has 9 atom stereocenters. The summed E-state index contributed by atoms with van der Waals surface area (Å²) in [6.07, 6.45) is -0.179. The molecule has 37 heavy (non-hydrogen) atoms. The summed E-state index contributed by atoms with van der Waals surface area (Å²) >= 11 is 4.25. The maximum absolute atomic E-state index is 13.6. The van der Waals surface area contributed by atoms with E-state index in [0.717, 1.165) is 40.4 Å². The molecule has 4 rings (SSSR count). The highest BCUT2D eigenvalue weighted by molar-refractivity contribution is 8.01. The minimum Gasteiger partial charge on any atom is -0.399 e. The van der Waals surface area contributed by atoms with Gasteiger partial charge in [-0.1, -0.05) is 32.0 Å². The van der Waals surface area contributed by atoms with Gasteiger partial charge in [-0.3, -0.25) is 9.69 Å². The van der Waals surface area contributed by atoms with Gasteiger partial charge in [0.2, 0.25) is 5.91 Å². The molecule has 4 unspecified atom stereocenters. The van der Waals surface area contributed by atoms with Gasteiger partial charge in [-0.25, -0.2) is 4.98 Å². The summed E-state index contributed by atoms with van der Waals surface area (Å²) in [4.78, 5) is 20.3. The van der Waals surface area contributed by atoms with Crippen LogP contribution in [-0.2, 0) is 9.53 Å². The Morgan fingerprint density at radius 3 is 2.78 bits per heavy atom. The van der Waals surface area contributed by atoms with Gasteiger partial charge in [-0.2, -0.15) is 0 Å². The molecule has 0 radical (unpaired) electrons. The van der Waals surface area contributed by atoms with Crippen molar-refractivity contribution in [2.24, 2.45) is 5.92 Å². The number of thioether (sulfide) groups is 2. The normalized spacial score (nSPS) is 32.5. The van der Waals surface area contributed by atoms with Crippen LogP contribution in [0.5, 0.6) is 0 Å². The first kappa shape index (κ1) is 28.9. The number of nitrogens with zero attached hydrogens (tertiary/aromatic N) is 2. The number of rotatable bonds is 9. The van der Waals surface area contributed by atoms with Crippen molar-refractivity contribution in [1.82, 2.24) is 15.2 Å². The third kappa shape index (κ3) is 6.38. The lowest BCUT2D eigenvalue weighted by Crippen LogP contribution is -2.65. The topological polar surface area (TPSA) is 141 Å². The van der Waals surface area contributed by atoms with Gasteiger partial charge >= 0.3 is 0 Å². The maximum atomic E-state index is 13.6. The maximum Gasteiger partial charge on any atom is 0.237 e. The van der Waals surface area contributed by atoms with Gasteiger partial charge in [0.1, 0.15) is 29.9 Å². The molecule has 0 aliphatic carbocycles. The quantitative estimate of drug-likeness (QED) is 0.225. The molecule has 2 aromatic rings. The molecule has 1 amide bonds. The number of fused-ring (bicyclic) bond motifs is 1. The van der Waals surface area contributed by atoms with Gasteiger partial charge in [-0.05, 0) is 50.3 Å². The fourth-order valence-corrected chi connectivity index (χ4v) is 8.50. The van der Waals surface area contributed by atoms with E-state index in [0.29, 0.717) is 11.6 Å². The Bertz CT molecular complexity index is 1070. The SMILES string of the molecule is CCC[C@@H]1C[C@H](C(=O)N[C@H](C2OC(SC)[C@@H](O)C(O)C2O)[C@@H](C)Sc2nc3ccc(N)cc3s2)N(C)C1. The monoisotopic (exact) mass is 570 g/mol. The highest BCUT2D eigenvalue weighted by Crippen LogP contribution is 2.37. The molecule has 0 bridgehead atoms. The first-order valence-electron chi connectivity index (χ1n) is 12.7. The van der Waals surface area contributed by atoms with Crippen LogP contribution in [0.1, 0.15) is 33.1 Å². The number of anilines is 1. The Kier molecular flexibility index (Phi) is 9.66. The third-order valence-electron chi connectivity index (χ3n) is 7.32. The van der Waals surface area contributed by atoms with Crippen molar-refractivity contribution in [2.75, 3.05) is 25.6 Å². The van der Waals surface area contributed by atoms with E-state index in [4.69, 9.17) is 15.5 Å². The second kappa shape index (κ2) is 12.4. The van der Waals surface area contributed by atoms with E-state index in [1.54, 1.807) is 6.26 Å². The Labute approximate surface area is 230 Å². The molecule has 3 heterocycles. The van der Waals surface area contributed by atoms with Crippen molar-refractivity contribution < 1.29 is 24.9 Å². The Hall–Kier alpha value is -1.12. The second-order valence-corrected chi connectivity index (χ2v) is 13.7. The molecule has 2 fully saturated rings. The summed E-state index contributed by atoms with van der Waals surface area (Å²) in [6, 6.07) is 4.67. The fourth-order valence-electron chi connectivity index (χ4n) is 5.32. The number of hydrogen-bond donors (Lipinski definition) is 5. The largest absolute Gasteiger partial charge is 0.399 e. The van der Waals surface area contributed by atoms with E-state index in [9.17, 15) is 20.1 Å². The van der Waals surface area contributed by atoms with Crippen LogP contribution in [0.2, 0.25) is 0 Å². The highest BCUT2D eigenvalue weighted by atomic mass is 32.2. The number of nitrogen functional groups attached to an aromatic ring is 1. The molecule has 2 aliphatic rings. The van der Waals surface area contributed by atoms with E-state index in [-0.39, 0.29) is 17.2 Å². The highest BCUT2D eigenvalue weighted by Gasteiger charge is 2.49. The molecule has 0 spiro atoms. The van der Waals surface area contributed by atoms with Gasteiger partial charge in [0, 0.05) is 17.5 Å². The minimum absolute atomic E-state index is 0.118. The van der Waals surface area contributed by atoms with Crippen LogP contribution in [-0.4, -0.2) is 98.1 Å². The second-order valence-electron chi connectivity index (χ2n) is 10.1. The number of carbonyl (C=O) groups is 1. The number of aliphatic hydroxyl groups excluding tert-OH is 3. The number of likely N-dealkylation sites (N-methyl/N-ethyl adjacent to an activating group) is 1. The molecule has 12 heteroatoms. The van der Waals surface area contributed by atoms with Gasteiger partial charge in [0.25, 0.3) is 0 Å². The smallest absolute Gasteiger partial charge is 0.237 e. The van der Waals surface area contributed by atoms with Crippen molar-refractivity contribution in [3.8, 4) is 0 Å². The number of ether oxygens (including phenoxy) is 1. The molecular weight excluding hydrogens is 532 g/mol. The molecular formula is C25H38N4O5S3. The lowest BCUT2D eigenvalue weighted by atomic mass is 9.92. The zero-order valence-corrected chi connectivity index (χ0v) is 24.1. The average Bonchev–Trinajstić information content (AvgIpc) is 3.43. The van der Waals surface area contributed by atoms with Gasteiger partial charge in [0.05, 0.1) is 22.3 Å². The van der Waals surface area contributed by atoms with E-state index in [1.165, 1.54) is 34.9 Å². The average molecular weight is 571 g/mol. The van der Waals surface area contributed by atoms with Crippen molar-refractivity contribution in [1.29, 1.82) is 0 Å². The zero-order valence-electron chi connectivity index (χ0n) is 21.6. The van der Waals surface area contributed by atoms with Crippen LogP contribution < -0.4 is 11.1 Å². The number of nitrogens with two attached hydrogens (primary N) is 1. The summed E-state index contributed by atoms with van der Waals surface area (Å²) in [6.45, 7) is 4.98. The van der Waals surface area contributed by atoms with Gasteiger partial charge in [-0.15, -0.1) is 23.1 Å². The number of amides is 1. The zero-order chi connectivity index (χ0) is 26.9. The van der Waals surface area contributed by atoms with E-state index < -0.39 is 35.9 Å². The van der Waals surface area contributed by atoms with E-state index >= 15 is 0 Å². The van der Waals surface area contributed by atoms with Crippen LogP contribution in [0, 0.1) is 5.92 Å². The summed E-state index contributed by atoms with van der Waals surface area (Å²) in [5, 5.41) is 34.8. The van der Waals surface area contributed by atoms with Crippen LogP contribution in [0.3, 0.4) is 0 Å². The summed E-state index contributed by atoms with van der Waals surface area (Å²) < 4.78 is 7.88. The van der Waals surface area contributed by atoms with Crippen LogP contribution in [0.25, 0.3) is 10.2 Å². The molecule has 9 nitrogen and oxygen atoms in total. The van der Waals surface area contributed by atoms with Crippen LogP contribution in [0.4, 0.5) is 5.69 Å². The number of aromatic nitrogens is 1. The number of hydrogen-bond acceptors (Lipinski definition) is 11. The Morgan fingerprint density at radius 1 is 1.32 bits per heavy atom. The third-order valence-corrected chi connectivity index (χ3v) is 10.5. The van der Waals surface area contributed by atoms with E-state index in [2.05, 4.69) is 17.1 Å². The lowest BCUT2D eigenvalue weighted by molar-refractivity contribution is -0.205. The van der Waals surface area contributed by atoms with Gasteiger partial charge in [0.15, 0.2) is 4.34 Å². The first-order chi connectivity index (χ1) is 17.6. The molecule has 1 aromatic heterocycles. The lowest BCUT2D eigenvalue weighted by Gasteiger charge is -2.44. The number of benzene rings is 1. The molecule has 6 N–H and O–H groups in total. The van der Waals surface area contributed by atoms with Gasteiger partial charge < -0.3 is 31.1 Å².